The van der Waals surface area contributed by atoms with Crippen molar-refractivity contribution in [1.82, 2.24) is 9.62 Å². The van der Waals surface area contributed by atoms with Gasteiger partial charge in [-0.05, 0) is 37.1 Å². The van der Waals surface area contributed by atoms with Crippen LogP contribution in [0.1, 0.15) is 21.5 Å². The minimum atomic E-state index is -3.74. The molecule has 1 aromatic carbocycles. The Morgan fingerprint density at radius 2 is 1.92 bits per heavy atom. The molecule has 24 heavy (non-hydrogen) atoms. The lowest BCUT2D eigenvalue weighted by Gasteiger charge is -2.26. The summed E-state index contributed by atoms with van der Waals surface area (Å²) in [6, 6.07) is 2.69. The highest BCUT2D eigenvalue weighted by Gasteiger charge is 2.21. The van der Waals surface area contributed by atoms with Crippen molar-refractivity contribution in [2.45, 2.75) is 18.7 Å². The SMILES string of the molecule is Cc1cc(C(=O)O)cc(S(=O)(=O)NCCN2CCOCC2)c1C.Cl. The van der Waals surface area contributed by atoms with Gasteiger partial charge in [-0.25, -0.2) is 17.9 Å². The molecule has 0 aromatic heterocycles. The van der Waals surface area contributed by atoms with Crippen LogP contribution in [-0.2, 0) is 14.8 Å². The summed E-state index contributed by atoms with van der Waals surface area (Å²) in [5, 5.41) is 9.10. The predicted octanol–water partition coefficient (Wildman–Crippen LogP) is 1.03. The maximum absolute atomic E-state index is 12.5. The Labute approximate surface area is 148 Å². The number of aromatic carboxylic acids is 1. The molecule has 0 amide bonds. The van der Waals surface area contributed by atoms with Crippen LogP contribution in [-0.4, -0.2) is 63.8 Å². The Balaban J connectivity index is 0.00000288. The average molecular weight is 379 g/mol. The molecule has 2 rings (SSSR count). The van der Waals surface area contributed by atoms with E-state index in [1.807, 2.05) is 0 Å². The third kappa shape index (κ3) is 5.15. The number of carboxylic acids is 1. The number of morpholine rings is 1. The monoisotopic (exact) mass is 378 g/mol. The van der Waals surface area contributed by atoms with Crippen LogP contribution in [0.5, 0.6) is 0 Å². The maximum Gasteiger partial charge on any atom is 0.335 e. The number of aryl methyl sites for hydroxylation is 1. The largest absolute Gasteiger partial charge is 0.478 e. The van der Waals surface area contributed by atoms with E-state index in [-0.39, 0.29) is 29.4 Å². The number of nitrogens with one attached hydrogen (secondary N) is 1. The summed E-state index contributed by atoms with van der Waals surface area (Å²) >= 11 is 0. The number of nitrogens with zero attached hydrogens (tertiary/aromatic N) is 1. The summed E-state index contributed by atoms with van der Waals surface area (Å²) in [5.74, 6) is -1.14. The zero-order chi connectivity index (χ0) is 17.0. The molecule has 0 radical (unpaired) electrons. The number of halogens is 1. The van der Waals surface area contributed by atoms with Gasteiger partial charge in [0, 0.05) is 26.2 Å². The van der Waals surface area contributed by atoms with Crippen molar-refractivity contribution in [3.05, 3.63) is 28.8 Å². The van der Waals surface area contributed by atoms with E-state index in [9.17, 15) is 13.2 Å². The fourth-order valence-corrected chi connectivity index (χ4v) is 3.83. The van der Waals surface area contributed by atoms with Crippen molar-refractivity contribution in [3.8, 4) is 0 Å². The maximum atomic E-state index is 12.5. The van der Waals surface area contributed by atoms with E-state index < -0.39 is 16.0 Å². The zero-order valence-corrected chi connectivity index (χ0v) is 15.4. The van der Waals surface area contributed by atoms with Gasteiger partial charge in [0.05, 0.1) is 23.7 Å². The topological polar surface area (TPSA) is 95.9 Å². The number of rotatable bonds is 6. The van der Waals surface area contributed by atoms with Gasteiger partial charge in [0.2, 0.25) is 10.0 Å². The van der Waals surface area contributed by atoms with Crippen LogP contribution in [0.25, 0.3) is 0 Å². The highest BCUT2D eigenvalue weighted by molar-refractivity contribution is 7.89. The van der Waals surface area contributed by atoms with Crippen LogP contribution in [0.3, 0.4) is 0 Å². The van der Waals surface area contributed by atoms with Gasteiger partial charge in [-0.15, -0.1) is 12.4 Å². The lowest BCUT2D eigenvalue weighted by atomic mass is 10.1. The molecule has 136 valence electrons. The van der Waals surface area contributed by atoms with Crippen molar-refractivity contribution < 1.29 is 23.1 Å². The van der Waals surface area contributed by atoms with Gasteiger partial charge in [0.1, 0.15) is 0 Å². The lowest BCUT2D eigenvalue weighted by molar-refractivity contribution is 0.0390. The second-order valence-electron chi connectivity index (χ2n) is 5.57. The molecular formula is C15H23ClN2O5S. The Kier molecular flexibility index (Phi) is 7.62. The number of hydrogen-bond acceptors (Lipinski definition) is 5. The van der Waals surface area contributed by atoms with Crippen molar-refractivity contribution in [2.75, 3.05) is 39.4 Å². The number of sulfonamides is 1. The van der Waals surface area contributed by atoms with Gasteiger partial charge in [0.15, 0.2) is 0 Å². The first kappa shape index (κ1) is 20.9. The van der Waals surface area contributed by atoms with Crippen LogP contribution < -0.4 is 4.72 Å². The minimum Gasteiger partial charge on any atom is -0.478 e. The summed E-state index contributed by atoms with van der Waals surface area (Å²) < 4.78 is 32.7. The summed E-state index contributed by atoms with van der Waals surface area (Å²) in [4.78, 5) is 13.3. The van der Waals surface area contributed by atoms with Crippen LogP contribution in [0.2, 0.25) is 0 Å². The fraction of sp³-hybridized carbons (Fsp3) is 0.533. The van der Waals surface area contributed by atoms with Gasteiger partial charge in [0.25, 0.3) is 0 Å². The van der Waals surface area contributed by atoms with Crippen molar-refractivity contribution in [2.24, 2.45) is 0 Å². The molecule has 9 heteroatoms. The first-order chi connectivity index (χ1) is 10.8. The molecule has 0 saturated carbocycles. The molecular weight excluding hydrogens is 356 g/mol. The van der Waals surface area contributed by atoms with E-state index in [0.29, 0.717) is 30.9 Å². The Morgan fingerprint density at radius 3 is 2.50 bits per heavy atom. The van der Waals surface area contributed by atoms with Crippen LogP contribution in [0, 0.1) is 13.8 Å². The van der Waals surface area contributed by atoms with Crippen molar-refractivity contribution in [3.63, 3.8) is 0 Å². The third-order valence-corrected chi connectivity index (χ3v) is 5.57. The van der Waals surface area contributed by atoms with E-state index in [0.717, 1.165) is 13.1 Å². The summed E-state index contributed by atoms with van der Waals surface area (Å²) in [6.45, 7) is 7.14. The standard InChI is InChI=1S/C15H22N2O5S.ClH/c1-11-9-13(15(18)19)10-14(12(11)2)23(20,21)16-3-4-17-5-7-22-8-6-17;/h9-10,16H,3-8H2,1-2H3,(H,18,19);1H. The second-order valence-corrected chi connectivity index (χ2v) is 7.31. The number of ether oxygens (including phenoxy) is 1. The molecule has 7 nitrogen and oxygen atoms in total. The van der Waals surface area contributed by atoms with E-state index in [2.05, 4.69) is 9.62 Å². The molecule has 1 aromatic rings. The molecule has 0 atom stereocenters. The molecule has 0 aliphatic carbocycles. The van der Waals surface area contributed by atoms with Crippen molar-refractivity contribution in [1.29, 1.82) is 0 Å². The molecule has 1 aliphatic heterocycles. The molecule has 1 heterocycles. The molecule has 1 fully saturated rings. The van der Waals surface area contributed by atoms with Gasteiger partial charge in [-0.2, -0.15) is 0 Å². The zero-order valence-electron chi connectivity index (χ0n) is 13.7. The Bertz CT molecular complexity index is 687. The second kappa shape index (κ2) is 8.77. The number of benzene rings is 1. The lowest BCUT2D eigenvalue weighted by Crippen LogP contribution is -2.41. The van der Waals surface area contributed by atoms with Gasteiger partial charge in [-0.1, -0.05) is 0 Å². The molecule has 0 unspecified atom stereocenters. The van der Waals surface area contributed by atoms with Crippen molar-refractivity contribution >= 4 is 28.4 Å². The first-order valence-corrected chi connectivity index (χ1v) is 8.94. The van der Waals surface area contributed by atoms with Crippen LogP contribution in [0.4, 0.5) is 0 Å². The van der Waals surface area contributed by atoms with Gasteiger partial charge in [-0.3, -0.25) is 4.90 Å². The summed E-state index contributed by atoms with van der Waals surface area (Å²) in [5.41, 5.74) is 1.17. The smallest absolute Gasteiger partial charge is 0.335 e. The van der Waals surface area contributed by atoms with Gasteiger partial charge < -0.3 is 9.84 Å². The highest BCUT2D eigenvalue weighted by Crippen LogP contribution is 2.21. The molecule has 2 N–H and O–H groups in total. The number of carbonyl (C=O) groups is 1. The fourth-order valence-electron chi connectivity index (χ4n) is 2.47. The van der Waals surface area contributed by atoms with E-state index >= 15 is 0 Å². The minimum absolute atomic E-state index is 0. The number of hydrogen-bond donors (Lipinski definition) is 2. The van der Waals surface area contributed by atoms with Crippen LogP contribution in [0.15, 0.2) is 17.0 Å². The quantitative estimate of drug-likeness (QED) is 0.767. The van der Waals surface area contributed by atoms with E-state index in [1.165, 1.54) is 12.1 Å². The summed E-state index contributed by atoms with van der Waals surface area (Å²) in [7, 11) is -3.74. The normalized spacial score (nSPS) is 15.8. The molecule has 1 saturated heterocycles. The van der Waals surface area contributed by atoms with E-state index in [1.54, 1.807) is 13.8 Å². The van der Waals surface area contributed by atoms with E-state index in [4.69, 9.17) is 9.84 Å². The molecule has 0 bridgehead atoms. The predicted molar refractivity (Wildman–Crippen MR) is 92.6 cm³/mol. The molecule has 0 spiro atoms. The Morgan fingerprint density at radius 1 is 1.29 bits per heavy atom. The average Bonchev–Trinajstić information content (AvgIpc) is 2.50. The van der Waals surface area contributed by atoms with Crippen LogP contribution >= 0.6 is 12.4 Å². The number of carboxylic acid groups (broad SMARTS) is 1. The summed E-state index contributed by atoms with van der Waals surface area (Å²) in [6.07, 6.45) is 0. The van der Waals surface area contributed by atoms with Gasteiger partial charge >= 0.3 is 5.97 Å². The Hall–Kier alpha value is -1.19. The molecule has 1 aliphatic rings. The third-order valence-electron chi connectivity index (χ3n) is 3.98. The highest BCUT2D eigenvalue weighted by atomic mass is 35.5. The first-order valence-electron chi connectivity index (χ1n) is 7.45.